The molecule has 1 aliphatic heterocycles. The molecule has 27 heavy (non-hydrogen) atoms. The predicted octanol–water partition coefficient (Wildman–Crippen LogP) is 2.74. The van der Waals surface area contributed by atoms with E-state index in [2.05, 4.69) is 5.32 Å². The average Bonchev–Trinajstić information content (AvgIpc) is 3.52. The third kappa shape index (κ3) is 3.74. The number of carbonyl (C=O) groups is 2. The number of benzene rings is 2. The zero-order chi connectivity index (χ0) is 18.8. The Kier molecular flexibility index (Phi) is 4.94. The maximum absolute atomic E-state index is 13.0. The van der Waals surface area contributed by atoms with E-state index in [1.54, 1.807) is 0 Å². The Balaban J connectivity index is 1.56. The van der Waals surface area contributed by atoms with Gasteiger partial charge in [0.25, 0.3) is 5.91 Å². The molecule has 1 heterocycles. The average molecular weight is 364 g/mol. The van der Waals surface area contributed by atoms with Gasteiger partial charge in [-0.3, -0.25) is 9.59 Å². The molecular weight excluding hydrogens is 340 g/mol. The third-order valence-electron chi connectivity index (χ3n) is 5.31. The van der Waals surface area contributed by atoms with Crippen LogP contribution in [0.4, 0.5) is 0 Å². The number of nitrogens with zero attached hydrogens (tertiary/aromatic N) is 1. The zero-order valence-electron chi connectivity index (χ0n) is 15.4. The van der Waals surface area contributed by atoms with E-state index in [0.29, 0.717) is 6.54 Å². The highest BCUT2D eigenvalue weighted by atomic mass is 16.5. The molecule has 1 N–H and O–H groups in total. The topological polar surface area (TPSA) is 58.6 Å². The van der Waals surface area contributed by atoms with Crippen LogP contribution in [0.1, 0.15) is 35.6 Å². The van der Waals surface area contributed by atoms with Crippen LogP contribution in [0.3, 0.4) is 0 Å². The van der Waals surface area contributed by atoms with Gasteiger partial charge in [0, 0.05) is 12.6 Å². The number of amides is 2. The van der Waals surface area contributed by atoms with Gasteiger partial charge in [0.1, 0.15) is 6.61 Å². The van der Waals surface area contributed by atoms with Gasteiger partial charge in [-0.1, -0.05) is 54.6 Å². The van der Waals surface area contributed by atoms with Crippen LogP contribution in [0.25, 0.3) is 0 Å². The van der Waals surface area contributed by atoms with E-state index in [-0.39, 0.29) is 30.5 Å². The van der Waals surface area contributed by atoms with Crippen LogP contribution in [-0.4, -0.2) is 35.5 Å². The Labute approximate surface area is 159 Å². The van der Waals surface area contributed by atoms with Crippen LogP contribution >= 0.6 is 0 Å². The lowest BCUT2D eigenvalue weighted by molar-refractivity contribution is -0.165. The van der Waals surface area contributed by atoms with Crippen molar-refractivity contribution in [2.24, 2.45) is 0 Å². The second-order valence-electron chi connectivity index (χ2n) is 7.26. The van der Waals surface area contributed by atoms with Gasteiger partial charge in [-0.25, -0.2) is 0 Å². The molecule has 0 spiro atoms. The smallest absolute Gasteiger partial charge is 0.251 e. The van der Waals surface area contributed by atoms with Gasteiger partial charge in [0.15, 0.2) is 6.10 Å². The molecule has 0 radical (unpaired) electrons. The molecule has 1 saturated carbocycles. The molecular formula is C22H24N2O3. The molecule has 2 amide bonds. The Bertz CT molecular complexity index is 832. The lowest BCUT2D eigenvalue weighted by atomic mass is 9.96. The van der Waals surface area contributed by atoms with Gasteiger partial charge in [-0.15, -0.1) is 0 Å². The molecule has 2 aromatic rings. The molecule has 0 bridgehead atoms. The van der Waals surface area contributed by atoms with E-state index in [1.165, 1.54) is 0 Å². The number of carbonyl (C=O) groups excluding carboxylic acids is 2. The summed E-state index contributed by atoms with van der Waals surface area (Å²) >= 11 is 0. The highest BCUT2D eigenvalue weighted by Crippen LogP contribution is 2.39. The largest absolute Gasteiger partial charge is 0.356 e. The van der Waals surface area contributed by atoms with E-state index in [0.717, 1.165) is 29.5 Å². The van der Waals surface area contributed by atoms with Gasteiger partial charge in [-0.2, -0.15) is 0 Å². The second kappa shape index (κ2) is 7.53. The monoisotopic (exact) mass is 364 g/mol. The first-order valence-corrected chi connectivity index (χ1v) is 9.45. The normalized spacial score (nSPS) is 22.6. The molecule has 1 aliphatic carbocycles. The summed E-state index contributed by atoms with van der Waals surface area (Å²) in [5.41, 5.74) is 3.15. The van der Waals surface area contributed by atoms with Crippen LogP contribution < -0.4 is 5.32 Å². The van der Waals surface area contributed by atoms with Gasteiger partial charge in [0.05, 0.1) is 6.04 Å². The summed E-state index contributed by atoms with van der Waals surface area (Å²) in [6, 6.07) is 17.5. The fourth-order valence-electron chi connectivity index (χ4n) is 3.71. The van der Waals surface area contributed by atoms with Gasteiger partial charge in [0.2, 0.25) is 5.91 Å². The van der Waals surface area contributed by atoms with E-state index >= 15 is 0 Å². The van der Waals surface area contributed by atoms with E-state index in [4.69, 9.17) is 4.74 Å². The molecule has 1 saturated heterocycles. The van der Waals surface area contributed by atoms with Gasteiger partial charge >= 0.3 is 0 Å². The summed E-state index contributed by atoms with van der Waals surface area (Å²) in [5.74, 6) is -0.209. The van der Waals surface area contributed by atoms with Crippen molar-refractivity contribution >= 4 is 11.8 Å². The van der Waals surface area contributed by atoms with Crippen molar-refractivity contribution in [2.45, 2.75) is 44.5 Å². The van der Waals surface area contributed by atoms with Crippen LogP contribution in [0, 0.1) is 6.92 Å². The fraction of sp³-hybridized carbons (Fsp3) is 0.364. The molecule has 5 nitrogen and oxygen atoms in total. The first-order valence-electron chi connectivity index (χ1n) is 9.45. The molecule has 140 valence electrons. The molecule has 2 atom stereocenters. The van der Waals surface area contributed by atoms with Crippen molar-refractivity contribution in [3.05, 3.63) is 71.3 Å². The molecule has 0 aromatic heterocycles. The molecule has 5 heteroatoms. The molecule has 2 fully saturated rings. The number of hydrogen-bond donors (Lipinski definition) is 1. The standard InChI is InChI=1S/C22H24N2O3/c1-15-7-5-6-10-17(15)13-23-22(26)21-20(16-8-3-2-4-9-16)24(18-11-12-18)19(25)14-27-21/h2-10,18,20-21H,11-14H2,1H3,(H,23,26)/t20-,21+/m0/s1. The number of rotatable bonds is 5. The fourth-order valence-corrected chi connectivity index (χ4v) is 3.71. The van der Waals surface area contributed by atoms with Crippen LogP contribution in [0.15, 0.2) is 54.6 Å². The highest BCUT2D eigenvalue weighted by molar-refractivity contribution is 5.86. The summed E-state index contributed by atoms with van der Waals surface area (Å²) in [4.78, 5) is 27.4. The third-order valence-corrected chi connectivity index (χ3v) is 5.31. The summed E-state index contributed by atoms with van der Waals surface area (Å²) in [5, 5.41) is 3.00. The first-order chi connectivity index (χ1) is 13.1. The Morgan fingerprint density at radius 1 is 1.11 bits per heavy atom. The van der Waals surface area contributed by atoms with Crippen molar-refractivity contribution < 1.29 is 14.3 Å². The summed E-state index contributed by atoms with van der Waals surface area (Å²) in [7, 11) is 0. The van der Waals surface area contributed by atoms with E-state index in [9.17, 15) is 9.59 Å². The Morgan fingerprint density at radius 3 is 2.52 bits per heavy atom. The lowest BCUT2D eigenvalue weighted by Crippen LogP contribution is -2.55. The van der Waals surface area contributed by atoms with Gasteiger partial charge in [-0.05, 0) is 36.5 Å². The van der Waals surface area contributed by atoms with E-state index < -0.39 is 6.10 Å². The van der Waals surface area contributed by atoms with Crippen molar-refractivity contribution in [3.8, 4) is 0 Å². The second-order valence-corrected chi connectivity index (χ2v) is 7.26. The lowest BCUT2D eigenvalue weighted by Gasteiger charge is -2.40. The highest BCUT2D eigenvalue weighted by Gasteiger charge is 2.47. The zero-order valence-corrected chi connectivity index (χ0v) is 15.4. The number of ether oxygens (including phenoxy) is 1. The number of nitrogens with one attached hydrogen (secondary N) is 1. The minimum atomic E-state index is -0.699. The van der Waals surface area contributed by atoms with Gasteiger partial charge < -0.3 is 15.0 Å². The molecule has 2 aromatic carbocycles. The Morgan fingerprint density at radius 2 is 1.81 bits per heavy atom. The Hall–Kier alpha value is -2.66. The van der Waals surface area contributed by atoms with E-state index in [1.807, 2.05) is 66.4 Å². The summed E-state index contributed by atoms with van der Waals surface area (Å²) in [6.45, 7) is 2.44. The number of morpholine rings is 1. The minimum absolute atomic E-state index is 0.0330. The summed E-state index contributed by atoms with van der Waals surface area (Å²) < 4.78 is 5.74. The molecule has 0 unspecified atom stereocenters. The minimum Gasteiger partial charge on any atom is -0.356 e. The van der Waals surface area contributed by atoms with Crippen molar-refractivity contribution in [1.82, 2.24) is 10.2 Å². The van der Waals surface area contributed by atoms with Crippen LogP contribution in [-0.2, 0) is 20.9 Å². The SMILES string of the molecule is Cc1ccccc1CNC(=O)[C@@H]1OCC(=O)N(C2CC2)[C@H]1c1ccccc1. The van der Waals surface area contributed by atoms with Crippen molar-refractivity contribution in [2.75, 3.05) is 6.61 Å². The first kappa shape index (κ1) is 17.7. The van der Waals surface area contributed by atoms with Crippen molar-refractivity contribution in [1.29, 1.82) is 0 Å². The molecule has 2 aliphatic rings. The van der Waals surface area contributed by atoms with Crippen LogP contribution in [0.5, 0.6) is 0 Å². The quantitative estimate of drug-likeness (QED) is 0.888. The number of hydrogen-bond acceptors (Lipinski definition) is 3. The molecule has 4 rings (SSSR count). The maximum atomic E-state index is 13.0. The maximum Gasteiger partial charge on any atom is 0.251 e. The predicted molar refractivity (Wildman–Crippen MR) is 102 cm³/mol. The summed E-state index contributed by atoms with van der Waals surface area (Å²) in [6.07, 6.45) is 1.29. The van der Waals surface area contributed by atoms with Crippen molar-refractivity contribution in [3.63, 3.8) is 0 Å². The van der Waals surface area contributed by atoms with Crippen LogP contribution in [0.2, 0.25) is 0 Å². The number of aryl methyl sites for hydroxylation is 1.